The number of esters is 1. The van der Waals surface area contributed by atoms with Crippen LogP contribution in [0.2, 0.25) is 0 Å². The molecule has 0 saturated carbocycles. The van der Waals surface area contributed by atoms with E-state index in [1.54, 1.807) is 7.11 Å². The highest BCUT2D eigenvalue weighted by Crippen LogP contribution is 2.11. The first-order valence-corrected chi connectivity index (χ1v) is 5.59. The average Bonchev–Trinajstić information content (AvgIpc) is 2.36. The molecule has 4 nitrogen and oxygen atoms in total. The van der Waals surface area contributed by atoms with Crippen molar-refractivity contribution in [2.24, 2.45) is 0 Å². The summed E-state index contributed by atoms with van der Waals surface area (Å²) >= 11 is 0. The first-order chi connectivity index (χ1) is 8.15. The molecule has 0 spiro atoms. The van der Waals surface area contributed by atoms with E-state index < -0.39 is 0 Å². The van der Waals surface area contributed by atoms with Crippen molar-refractivity contribution in [2.45, 2.75) is 25.9 Å². The second kappa shape index (κ2) is 6.91. The zero-order valence-electron chi connectivity index (χ0n) is 10.5. The Balaban J connectivity index is 2.36. The molecule has 0 unspecified atom stereocenters. The van der Waals surface area contributed by atoms with Gasteiger partial charge in [0.1, 0.15) is 5.75 Å². The molecule has 0 aliphatic carbocycles. The Kier molecular flexibility index (Phi) is 5.49. The molecule has 1 aromatic rings. The van der Waals surface area contributed by atoms with E-state index in [2.05, 4.69) is 10.1 Å². The SMILES string of the molecule is COC(=O)C[C@@H](C)NCc1ccc(OC)cc1. The molecule has 17 heavy (non-hydrogen) atoms. The molecule has 1 atom stereocenters. The van der Waals surface area contributed by atoms with Gasteiger partial charge in [0.2, 0.25) is 0 Å². The molecule has 0 aromatic heterocycles. The van der Waals surface area contributed by atoms with Gasteiger partial charge in [0.15, 0.2) is 0 Å². The number of carbonyl (C=O) groups is 1. The van der Waals surface area contributed by atoms with Gasteiger partial charge in [-0.1, -0.05) is 12.1 Å². The molecule has 0 aliphatic heterocycles. The highest BCUT2D eigenvalue weighted by atomic mass is 16.5. The minimum atomic E-state index is -0.195. The number of benzene rings is 1. The quantitative estimate of drug-likeness (QED) is 0.765. The molecule has 4 heteroatoms. The lowest BCUT2D eigenvalue weighted by atomic mass is 10.2. The van der Waals surface area contributed by atoms with E-state index in [4.69, 9.17) is 4.74 Å². The first kappa shape index (κ1) is 13.5. The molecule has 0 bridgehead atoms. The van der Waals surface area contributed by atoms with Crippen LogP contribution in [-0.4, -0.2) is 26.2 Å². The van der Waals surface area contributed by atoms with Crippen molar-refractivity contribution in [1.82, 2.24) is 5.32 Å². The number of ether oxygens (including phenoxy) is 2. The van der Waals surface area contributed by atoms with E-state index in [0.29, 0.717) is 6.42 Å². The summed E-state index contributed by atoms with van der Waals surface area (Å²) in [6.07, 6.45) is 0.382. The molecule has 0 amide bonds. The van der Waals surface area contributed by atoms with Gasteiger partial charge in [-0.05, 0) is 24.6 Å². The minimum Gasteiger partial charge on any atom is -0.497 e. The van der Waals surface area contributed by atoms with Crippen LogP contribution in [0.3, 0.4) is 0 Å². The van der Waals surface area contributed by atoms with Gasteiger partial charge in [-0.3, -0.25) is 4.79 Å². The van der Waals surface area contributed by atoms with Crippen LogP contribution in [0.4, 0.5) is 0 Å². The third-order valence-corrected chi connectivity index (χ3v) is 2.51. The van der Waals surface area contributed by atoms with E-state index in [0.717, 1.165) is 17.9 Å². The molecule has 94 valence electrons. The average molecular weight is 237 g/mol. The number of hydrogen-bond acceptors (Lipinski definition) is 4. The van der Waals surface area contributed by atoms with Gasteiger partial charge >= 0.3 is 5.97 Å². The van der Waals surface area contributed by atoms with Crippen molar-refractivity contribution in [1.29, 1.82) is 0 Å². The lowest BCUT2D eigenvalue weighted by Gasteiger charge is -2.12. The molecule has 0 radical (unpaired) electrons. The van der Waals surface area contributed by atoms with Crippen molar-refractivity contribution in [3.8, 4) is 5.75 Å². The smallest absolute Gasteiger partial charge is 0.307 e. The number of methoxy groups -OCH3 is 2. The van der Waals surface area contributed by atoms with Gasteiger partial charge < -0.3 is 14.8 Å². The summed E-state index contributed by atoms with van der Waals surface area (Å²) in [6, 6.07) is 7.93. The van der Waals surface area contributed by atoms with Crippen LogP contribution in [0, 0.1) is 0 Å². The number of nitrogens with one attached hydrogen (secondary N) is 1. The van der Waals surface area contributed by atoms with E-state index in [-0.39, 0.29) is 12.0 Å². The molecular formula is C13H19NO3. The van der Waals surface area contributed by atoms with E-state index in [1.165, 1.54) is 7.11 Å². The summed E-state index contributed by atoms with van der Waals surface area (Å²) in [4.78, 5) is 11.0. The molecule has 1 rings (SSSR count). The van der Waals surface area contributed by atoms with Gasteiger partial charge in [0.25, 0.3) is 0 Å². The topological polar surface area (TPSA) is 47.6 Å². The number of carbonyl (C=O) groups excluding carboxylic acids is 1. The molecule has 0 aliphatic rings. The van der Waals surface area contributed by atoms with Crippen molar-refractivity contribution >= 4 is 5.97 Å². The number of hydrogen-bond donors (Lipinski definition) is 1. The molecule has 0 saturated heterocycles. The normalized spacial score (nSPS) is 11.9. The summed E-state index contributed by atoms with van der Waals surface area (Å²) in [5.74, 6) is 0.649. The fraction of sp³-hybridized carbons (Fsp3) is 0.462. The van der Waals surface area contributed by atoms with Crippen molar-refractivity contribution in [3.63, 3.8) is 0 Å². The second-order valence-corrected chi connectivity index (χ2v) is 3.91. The van der Waals surface area contributed by atoms with Crippen LogP contribution in [0.1, 0.15) is 18.9 Å². The fourth-order valence-corrected chi connectivity index (χ4v) is 1.44. The predicted octanol–water partition coefficient (Wildman–Crippen LogP) is 1.74. The van der Waals surface area contributed by atoms with Crippen LogP contribution in [0.5, 0.6) is 5.75 Å². The summed E-state index contributed by atoms with van der Waals surface area (Å²) in [6.45, 7) is 2.68. The minimum absolute atomic E-state index is 0.101. The summed E-state index contributed by atoms with van der Waals surface area (Å²) in [5.41, 5.74) is 1.16. The largest absolute Gasteiger partial charge is 0.497 e. The zero-order valence-corrected chi connectivity index (χ0v) is 10.5. The Labute approximate surface area is 102 Å². The Hall–Kier alpha value is -1.55. The van der Waals surface area contributed by atoms with Gasteiger partial charge in [-0.25, -0.2) is 0 Å². The monoisotopic (exact) mass is 237 g/mol. The van der Waals surface area contributed by atoms with Crippen LogP contribution in [-0.2, 0) is 16.1 Å². The summed E-state index contributed by atoms with van der Waals surface area (Å²) < 4.78 is 9.69. The molecule has 1 aromatic carbocycles. The van der Waals surface area contributed by atoms with Crippen LogP contribution >= 0.6 is 0 Å². The van der Waals surface area contributed by atoms with Gasteiger partial charge in [-0.2, -0.15) is 0 Å². The Morgan fingerprint density at radius 2 is 1.94 bits per heavy atom. The van der Waals surface area contributed by atoms with Crippen LogP contribution < -0.4 is 10.1 Å². The summed E-state index contributed by atoms with van der Waals surface area (Å²) in [5, 5.41) is 3.26. The highest BCUT2D eigenvalue weighted by molar-refractivity contribution is 5.69. The predicted molar refractivity (Wildman–Crippen MR) is 65.9 cm³/mol. The lowest BCUT2D eigenvalue weighted by molar-refractivity contribution is -0.141. The summed E-state index contributed by atoms with van der Waals surface area (Å²) in [7, 11) is 3.05. The Morgan fingerprint density at radius 3 is 2.47 bits per heavy atom. The maximum absolute atomic E-state index is 11.0. The van der Waals surface area contributed by atoms with Crippen molar-refractivity contribution < 1.29 is 14.3 Å². The van der Waals surface area contributed by atoms with Crippen molar-refractivity contribution in [3.05, 3.63) is 29.8 Å². The van der Waals surface area contributed by atoms with E-state index in [9.17, 15) is 4.79 Å². The Morgan fingerprint density at radius 1 is 1.29 bits per heavy atom. The standard InChI is InChI=1S/C13H19NO3/c1-10(8-13(15)17-3)14-9-11-4-6-12(16-2)7-5-11/h4-7,10,14H,8-9H2,1-3H3/t10-/m1/s1. The lowest BCUT2D eigenvalue weighted by Crippen LogP contribution is -2.28. The highest BCUT2D eigenvalue weighted by Gasteiger charge is 2.08. The van der Waals surface area contributed by atoms with Gasteiger partial charge in [-0.15, -0.1) is 0 Å². The fourth-order valence-electron chi connectivity index (χ4n) is 1.44. The van der Waals surface area contributed by atoms with E-state index in [1.807, 2.05) is 31.2 Å². The van der Waals surface area contributed by atoms with Crippen LogP contribution in [0.15, 0.2) is 24.3 Å². The Bertz CT molecular complexity index is 348. The third-order valence-electron chi connectivity index (χ3n) is 2.51. The van der Waals surface area contributed by atoms with Gasteiger partial charge in [0.05, 0.1) is 20.6 Å². The molecule has 1 N–H and O–H groups in total. The van der Waals surface area contributed by atoms with E-state index >= 15 is 0 Å². The number of rotatable bonds is 6. The second-order valence-electron chi connectivity index (χ2n) is 3.91. The van der Waals surface area contributed by atoms with Gasteiger partial charge in [0, 0.05) is 12.6 Å². The van der Waals surface area contributed by atoms with Crippen molar-refractivity contribution in [2.75, 3.05) is 14.2 Å². The zero-order chi connectivity index (χ0) is 12.7. The molecular weight excluding hydrogens is 218 g/mol. The maximum atomic E-state index is 11.0. The maximum Gasteiger partial charge on any atom is 0.307 e. The molecule has 0 fully saturated rings. The third kappa shape index (κ3) is 4.87. The molecule has 0 heterocycles. The first-order valence-electron chi connectivity index (χ1n) is 5.59. The van der Waals surface area contributed by atoms with Crippen LogP contribution in [0.25, 0.3) is 0 Å².